The summed E-state index contributed by atoms with van der Waals surface area (Å²) in [7, 11) is 1.69. The lowest BCUT2D eigenvalue weighted by Gasteiger charge is -2.53. The number of nitrogens with two attached hydrogens (primary N) is 1. The number of nitrogens with one attached hydrogen (secondary N) is 1. The normalized spacial score (nSPS) is 30.8. The van der Waals surface area contributed by atoms with E-state index >= 15 is 0 Å². The van der Waals surface area contributed by atoms with Gasteiger partial charge in [0.05, 0.1) is 25.6 Å². The van der Waals surface area contributed by atoms with Crippen LogP contribution in [-0.4, -0.2) is 51.5 Å². The smallest absolute Gasteiger partial charge is 0.226 e. The van der Waals surface area contributed by atoms with Crippen molar-refractivity contribution in [3.05, 3.63) is 41.7 Å². The van der Waals surface area contributed by atoms with Crippen LogP contribution in [0.5, 0.6) is 5.75 Å². The highest BCUT2D eigenvalue weighted by molar-refractivity contribution is 5.83. The maximum absolute atomic E-state index is 13.4. The summed E-state index contributed by atoms with van der Waals surface area (Å²) in [6, 6.07) is 8.49. The second-order valence-corrected chi connectivity index (χ2v) is 10.7. The van der Waals surface area contributed by atoms with Crippen molar-refractivity contribution in [2.24, 2.45) is 11.1 Å². The molecule has 5 rings (SSSR count). The van der Waals surface area contributed by atoms with Gasteiger partial charge in [-0.1, -0.05) is 12.1 Å². The number of benzene rings is 1. The molecule has 0 aliphatic heterocycles. The molecular formula is C28H41FN2O4. The largest absolute Gasteiger partial charge is 0.489 e. The molecule has 4 fully saturated rings. The number of fused-ring (bicyclic) bond motifs is 3. The lowest BCUT2D eigenvalue weighted by molar-refractivity contribution is -0.139. The van der Waals surface area contributed by atoms with Crippen LogP contribution < -0.4 is 15.8 Å². The van der Waals surface area contributed by atoms with E-state index in [2.05, 4.69) is 17.4 Å². The van der Waals surface area contributed by atoms with Crippen LogP contribution in [0.2, 0.25) is 0 Å². The molecule has 4 aliphatic carbocycles. The Morgan fingerprint density at radius 1 is 1.06 bits per heavy atom. The molecule has 2 bridgehead atoms. The van der Waals surface area contributed by atoms with Gasteiger partial charge < -0.3 is 25.3 Å². The van der Waals surface area contributed by atoms with Crippen molar-refractivity contribution >= 4 is 5.91 Å². The predicted molar refractivity (Wildman–Crippen MR) is 134 cm³/mol. The van der Waals surface area contributed by atoms with Crippen LogP contribution in [0.25, 0.3) is 0 Å². The molecule has 1 aromatic rings. The molecule has 0 saturated heterocycles. The number of carbonyl (C=O) groups is 1. The molecule has 194 valence electrons. The number of hydrogen-bond acceptors (Lipinski definition) is 5. The zero-order chi connectivity index (χ0) is 24.7. The molecule has 0 spiro atoms. The van der Waals surface area contributed by atoms with Crippen LogP contribution in [0.1, 0.15) is 69.8 Å². The molecule has 7 heteroatoms. The van der Waals surface area contributed by atoms with Gasteiger partial charge in [-0.3, -0.25) is 4.79 Å². The molecule has 4 aliphatic rings. The van der Waals surface area contributed by atoms with E-state index in [0.717, 1.165) is 70.0 Å². The van der Waals surface area contributed by atoms with Crippen LogP contribution >= 0.6 is 0 Å². The van der Waals surface area contributed by atoms with Crippen molar-refractivity contribution in [2.45, 2.75) is 81.8 Å². The first-order chi connectivity index (χ1) is 17.0. The standard InChI is InChI=1S/C28H41FN2O4/c1-33-16-17-34-24-8-4-23(5-9-24)31-26(32)28-13-10-27(11-14-28,12-15-28)22-2-6-25(7-3-22)35-20-21(18-29)19-30/h2-3,6-7,18,23-24H,4-5,8-17,19-20,30H2,1H3,(H,31,32)/b21-18+/t23-,24-,27?,28?. The average molecular weight is 489 g/mol. The monoisotopic (exact) mass is 488 g/mol. The highest BCUT2D eigenvalue weighted by Crippen LogP contribution is 2.58. The zero-order valence-electron chi connectivity index (χ0n) is 21.0. The van der Waals surface area contributed by atoms with E-state index in [9.17, 15) is 9.18 Å². The van der Waals surface area contributed by atoms with Gasteiger partial charge >= 0.3 is 0 Å². The van der Waals surface area contributed by atoms with E-state index in [4.69, 9.17) is 19.9 Å². The van der Waals surface area contributed by atoms with Crippen molar-refractivity contribution in [3.63, 3.8) is 0 Å². The summed E-state index contributed by atoms with van der Waals surface area (Å²) in [5.41, 5.74) is 7.21. The molecule has 3 N–H and O–H groups in total. The van der Waals surface area contributed by atoms with Crippen molar-refractivity contribution in [2.75, 3.05) is 33.5 Å². The van der Waals surface area contributed by atoms with Crippen LogP contribution in [0.15, 0.2) is 36.2 Å². The van der Waals surface area contributed by atoms with Crippen molar-refractivity contribution in [1.29, 1.82) is 0 Å². The van der Waals surface area contributed by atoms with Gasteiger partial charge in [-0.15, -0.1) is 0 Å². The Kier molecular flexibility index (Phi) is 8.84. The van der Waals surface area contributed by atoms with Gasteiger partial charge in [0.25, 0.3) is 0 Å². The van der Waals surface area contributed by atoms with Crippen LogP contribution in [-0.2, 0) is 19.7 Å². The highest BCUT2D eigenvalue weighted by atomic mass is 19.1. The fourth-order valence-corrected chi connectivity index (χ4v) is 6.19. The first-order valence-electron chi connectivity index (χ1n) is 13.2. The zero-order valence-corrected chi connectivity index (χ0v) is 21.0. The van der Waals surface area contributed by atoms with Crippen molar-refractivity contribution < 1.29 is 23.4 Å². The predicted octanol–water partition coefficient (Wildman–Crippen LogP) is 4.56. The van der Waals surface area contributed by atoms with Gasteiger partial charge in [-0.25, -0.2) is 4.39 Å². The SMILES string of the molecule is COCCO[C@H]1CC[C@H](NC(=O)C23CCC(c4ccc(OC/C(=C/F)CN)cc4)(CC2)CC3)CC1. The van der Waals surface area contributed by atoms with Crippen molar-refractivity contribution in [1.82, 2.24) is 5.32 Å². The summed E-state index contributed by atoms with van der Waals surface area (Å²) >= 11 is 0. The Bertz CT molecular complexity index is 840. The third-order valence-corrected chi connectivity index (χ3v) is 8.69. The lowest BCUT2D eigenvalue weighted by atomic mass is 9.51. The summed E-state index contributed by atoms with van der Waals surface area (Å²) in [6.45, 7) is 1.59. The topological polar surface area (TPSA) is 82.8 Å². The average Bonchev–Trinajstić information content (AvgIpc) is 2.92. The van der Waals surface area contributed by atoms with E-state index in [1.54, 1.807) is 7.11 Å². The molecule has 4 saturated carbocycles. The molecule has 0 atom stereocenters. The van der Waals surface area contributed by atoms with E-state index in [-0.39, 0.29) is 35.9 Å². The van der Waals surface area contributed by atoms with Crippen LogP contribution in [0, 0.1) is 5.41 Å². The number of ether oxygens (including phenoxy) is 3. The molecule has 6 nitrogen and oxygen atoms in total. The quantitative estimate of drug-likeness (QED) is 0.446. The molecule has 1 amide bonds. The first kappa shape index (κ1) is 26.1. The van der Waals surface area contributed by atoms with Crippen LogP contribution in [0.4, 0.5) is 4.39 Å². The van der Waals surface area contributed by atoms with E-state index in [1.165, 1.54) is 5.56 Å². The Balaban J connectivity index is 1.26. The number of hydrogen-bond donors (Lipinski definition) is 2. The summed E-state index contributed by atoms with van der Waals surface area (Å²) in [6.07, 6.45) is 10.8. The number of methoxy groups -OCH3 is 1. The summed E-state index contributed by atoms with van der Waals surface area (Å²) < 4.78 is 29.3. The number of rotatable bonds is 11. The molecule has 0 heterocycles. The molecule has 0 radical (unpaired) electrons. The molecule has 0 aromatic heterocycles. The third kappa shape index (κ3) is 6.07. The number of halogens is 1. The van der Waals surface area contributed by atoms with E-state index < -0.39 is 0 Å². The second kappa shape index (κ2) is 11.8. The molecule has 0 unspecified atom stereocenters. The second-order valence-electron chi connectivity index (χ2n) is 10.7. The summed E-state index contributed by atoms with van der Waals surface area (Å²) in [4.78, 5) is 13.4. The van der Waals surface area contributed by atoms with Gasteiger partial charge in [0.2, 0.25) is 5.91 Å². The summed E-state index contributed by atoms with van der Waals surface area (Å²) in [5.74, 6) is 0.993. The third-order valence-electron chi connectivity index (χ3n) is 8.69. The highest BCUT2D eigenvalue weighted by Gasteiger charge is 2.53. The van der Waals surface area contributed by atoms with E-state index in [0.29, 0.717) is 31.2 Å². The number of amides is 1. The van der Waals surface area contributed by atoms with Gasteiger partial charge in [0.15, 0.2) is 0 Å². The van der Waals surface area contributed by atoms with Gasteiger partial charge in [-0.05, 0) is 87.3 Å². The van der Waals surface area contributed by atoms with Crippen LogP contribution in [0.3, 0.4) is 0 Å². The van der Waals surface area contributed by atoms with Gasteiger partial charge in [-0.2, -0.15) is 0 Å². The summed E-state index contributed by atoms with van der Waals surface area (Å²) in [5, 5.41) is 3.41. The minimum atomic E-state index is -0.200. The Morgan fingerprint density at radius 3 is 2.29 bits per heavy atom. The van der Waals surface area contributed by atoms with Crippen molar-refractivity contribution in [3.8, 4) is 5.75 Å². The maximum atomic E-state index is 13.4. The van der Waals surface area contributed by atoms with Gasteiger partial charge in [0.1, 0.15) is 12.4 Å². The number of carbonyl (C=O) groups excluding carboxylic acids is 1. The molecule has 1 aromatic carbocycles. The van der Waals surface area contributed by atoms with Gasteiger partial charge in [0, 0.05) is 30.7 Å². The maximum Gasteiger partial charge on any atom is 0.226 e. The fourth-order valence-electron chi connectivity index (χ4n) is 6.19. The minimum Gasteiger partial charge on any atom is -0.489 e. The van der Waals surface area contributed by atoms with E-state index in [1.807, 2.05) is 12.1 Å². The lowest BCUT2D eigenvalue weighted by Crippen LogP contribution is -2.54. The molecular weight excluding hydrogens is 447 g/mol. The molecule has 35 heavy (non-hydrogen) atoms. The minimum absolute atomic E-state index is 0.150. The first-order valence-corrected chi connectivity index (χ1v) is 13.2. The Labute approximate surface area is 208 Å². The Morgan fingerprint density at radius 2 is 1.71 bits per heavy atom. The fraction of sp³-hybridized carbons (Fsp3) is 0.679. The Hall–Kier alpha value is -1.96.